The van der Waals surface area contributed by atoms with Crippen molar-refractivity contribution in [1.82, 2.24) is 19.3 Å². The van der Waals surface area contributed by atoms with Crippen LogP contribution >= 0.6 is 0 Å². The average Bonchev–Trinajstić information content (AvgIpc) is 3.23. The molecule has 0 aliphatic carbocycles. The summed E-state index contributed by atoms with van der Waals surface area (Å²) in [6.45, 7) is 0.769. The van der Waals surface area contributed by atoms with Crippen LogP contribution in [-0.2, 0) is 0 Å². The van der Waals surface area contributed by atoms with Crippen LogP contribution in [0.3, 0.4) is 0 Å². The van der Waals surface area contributed by atoms with E-state index in [2.05, 4.69) is 20.4 Å². The molecular weight excluding hydrogens is 276 g/mol. The Morgan fingerprint density at radius 1 is 1.09 bits per heavy atom. The molecule has 22 heavy (non-hydrogen) atoms. The second kappa shape index (κ2) is 5.26. The number of pyridine rings is 2. The first-order valence-electron chi connectivity index (χ1n) is 7.48. The van der Waals surface area contributed by atoms with Gasteiger partial charge in [0.15, 0.2) is 0 Å². The van der Waals surface area contributed by atoms with Crippen LogP contribution in [0.4, 0.5) is 0 Å². The molecule has 0 unspecified atom stereocenters. The van der Waals surface area contributed by atoms with Gasteiger partial charge in [0.25, 0.3) is 5.91 Å². The highest BCUT2D eigenvalue weighted by molar-refractivity contribution is 5.92. The summed E-state index contributed by atoms with van der Waals surface area (Å²) < 4.78 is 2.06. The van der Waals surface area contributed by atoms with Crippen LogP contribution in [0.15, 0.2) is 55.0 Å². The van der Waals surface area contributed by atoms with Gasteiger partial charge in [-0.1, -0.05) is 12.1 Å². The Hall–Kier alpha value is -2.69. The molecule has 1 atom stereocenters. The predicted molar refractivity (Wildman–Crippen MR) is 82.4 cm³/mol. The molecule has 4 rings (SSSR count). The molecule has 0 spiro atoms. The van der Waals surface area contributed by atoms with Gasteiger partial charge < -0.3 is 9.30 Å². The molecule has 110 valence electrons. The molecule has 5 nitrogen and oxygen atoms in total. The third-order valence-electron chi connectivity index (χ3n) is 4.20. The summed E-state index contributed by atoms with van der Waals surface area (Å²) in [6, 6.07) is 11.6. The minimum atomic E-state index is 0.000202. The largest absolute Gasteiger partial charge is 0.329 e. The minimum absolute atomic E-state index is 0.000202. The lowest BCUT2D eigenvalue weighted by molar-refractivity contribution is 0.0726. The Morgan fingerprint density at radius 2 is 2.05 bits per heavy atom. The Balaban J connectivity index is 1.72. The fourth-order valence-electron chi connectivity index (χ4n) is 3.19. The van der Waals surface area contributed by atoms with E-state index in [-0.39, 0.29) is 11.9 Å². The van der Waals surface area contributed by atoms with Gasteiger partial charge in [0.1, 0.15) is 11.3 Å². The monoisotopic (exact) mass is 292 g/mol. The first kappa shape index (κ1) is 13.0. The van der Waals surface area contributed by atoms with E-state index in [1.165, 1.54) is 0 Å². The number of rotatable bonds is 2. The summed E-state index contributed by atoms with van der Waals surface area (Å²) in [4.78, 5) is 23.2. The molecule has 1 saturated heterocycles. The lowest BCUT2D eigenvalue weighted by atomic mass is 10.1. The highest BCUT2D eigenvalue weighted by Crippen LogP contribution is 2.33. The Labute approximate surface area is 128 Å². The molecule has 0 bridgehead atoms. The molecule has 0 radical (unpaired) electrons. The van der Waals surface area contributed by atoms with E-state index in [0.717, 1.165) is 30.7 Å². The molecule has 0 N–H and O–H groups in total. The molecular formula is C17H16N4O. The van der Waals surface area contributed by atoms with Crippen LogP contribution < -0.4 is 0 Å². The van der Waals surface area contributed by atoms with Gasteiger partial charge >= 0.3 is 0 Å². The quantitative estimate of drug-likeness (QED) is 0.729. The number of fused-ring (bicyclic) bond motifs is 1. The number of hydrogen-bond acceptors (Lipinski definition) is 3. The average molecular weight is 292 g/mol. The van der Waals surface area contributed by atoms with Crippen LogP contribution in [0.25, 0.3) is 5.65 Å². The Morgan fingerprint density at radius 3 is 2.91 bits per heavy atom. The lowest BCUT2D eigenvalue weighted by Gasteiger charge is -2.25. The maximum absolute atomic E-state index is 12.7. The molecule has 4 heterocycles. The summed E-state index contributed by atoms with van der Waals surface area (Å²) in [6.07, 6.45) is 7.38. The molecule has 0 saturated carbocycles. The predicted octanol–water partition coefficient (Wildman–Crippen LogP) is 2.71. The highest BCUT2D eigenvalue weighted by Gasteiger charge is 2.32. The molecule has 1 amide bonds. The fraction of sp³-hybridized carbons (Fsp3) is 0.235. The van der Waals surface area contributed by atoms with Crippen molar-refractivity contribution >= 4 is 11.6 Å². The highest BCUT2D eigenvalue weighted by atomic mass is 16.2. The molecule has 3 aromatic heterocycles. The maximum atomic E-state index is 12.7. The van der Waals surface area contributed by atoms with Gasteiger partial charge in [0.05, 0.1) is 6.04 Å². The van der Waals surface area contributed by atoms with Crippen molar-refractivity contribution in [3.05, 3.63) is 66.4 Å². The molecule has 0 aromatic carbocycles. The number of likely N-dealkylation sites (tertiary alicyclic amines) is 1. The summed E-state index contributed by atoms with van der Waals surface area (Å²) in [7, 11) is 0. The molecule has 1 aliphatic heterocycles. The van der Waals surface area contributed by atoms with E-state index in [1.54, 1.807) is 18.5 Å². The zero-order chi connectivity index (χ0) is 14.9. The number of carbonyl (C=O) groups excluding carboxylic acids is 1. The summed E-state index contributed by atoms with van der Waals surface area (Å²) in [5.74, 6) is 0.000202. The maximum Gasteiger partial charge on any atom is 0.273 e. The van der Waals surface area contributed by atoms with Crippen molar-refractivity contribution in [1.29, 1.82) is 0 Å². The first-order chi connectivity index (χ1) is 10.8. The molecule has 5 heteroatoms. The fourth-order valence-corrected chi connectivity index (χ4v) is 3.19. The smallest absolute Gasteiger partial charge is 0.273 e. The van der Waals surface area contributed by atoms with Gasteiger partial charge in [-0.05, 0) is 37.1 Å². The summed E-state index contributed by atoms with van der Waals surface area (Å²) in [5, 5.41) is 0. The minimum Gasteiger partial charge on any atom is -0.329 e. The molecule has 3 aromatic rings. The summed E-state index contributed by atoms with van der Waals surface area (Å²) >= 11 is 0. The standard InChI is InChI=1S/C17H16N4O/c22-17(13-5-1-2-9-18-13)21-11-4-7-15(21)14-6-3-8-16-19-10-12-20(14)16/h1-3,5-6,8-10,12,15H,4,7,11H2/t15-/m1/s1. The van der Waals surface area contributed by atoms with Crippen LogP contribution in [0, 0.1) is 0 Å². The van der Waals surface area contributed by atoms with Gasteiger partial charge in [-0.2, -0.15) is 0 Å². The second-order valence-corrected chi connectivity index (χ2v) is 5.48. The van der Waals surface area contributed by atoms with E-state index in [9.17, 15) is 4.79 Å². The van der Waals surface area contributed by atoms with Crippen molar-refractivity contribution in [3.63, 3.8) is 0 Å². The number of aromatic nitrogens is 3. The lowest BCUT2D eigenvalue weighted by Crippen LogP contribution is -2.32. The topological polar surface area (TPSA) is 50.5 Å². The van der Waals surface area contributed by atoms with Crippen LogP contribution in [0.2, 0.25) is 0 Å². The van der Waals surface area contributed by atoms with Gasteiger partial charge in [-0.15, -0.1) is 0 Å². The SMILES string of the molecule is O=C(c1ccccn1)N1CCC[C@@H]1c1cccc2nccn12. The van der Waals surface area contributed by atoms with Crippen molar-refractivity contribution in [2.24, 2.45) is 0 Å². The third-order valence-corrected chi connectivity index (χ3v) is 4.20. The normalized spacial score (nSPS) is 18.0. The van der Waals surface area contributed by atoms with E-state index in [1.807, 2.05) is 35.4 Å². The Kier molecular flexibility index (Phi) is 3.11. The number of nitrogens with zero attached hydrogens (tertiary/aromatic N) is 4. The van der Waals surface area contributed by atoms with Gasteiger partial charge in [0.2, 0.25) is 0 Å². The van der Waals surface area contributed by atoms with E-state index >= 15 is 0 Å². The number of imidazole rings is 1. The van der Waals surface area contributed by atoms with Gasteiger partial charge in [-0.25, -0.2) is 4.98 Å². The van der Waals surface area contributed by atoms with Crippen molar-refractivity contribution in [3.8, 4) is 0 Å². The van der Waals surface area contributed by atoms with Crippen LogP contribution in [0.5, 0.6) is 0 Å². The molecule has 1 fully saturated rings. The first-order valence-corrected chi connectivity index (χ1v) is 7.48. The molecule has 1 aliphatic rings. The van der Waals surface area contributed by atoms with Crippen LogP contribution in [0.1, 0.15) is 35.1 Å². The van der Waals surface area contributed by atoms with E-state index in [0.29, 0.717) is 5.69 Å². The number of carbonyl (C=O) groups is 1. The van der Waals surface area contributed by atoms with Crippen molar-refractivity contribution in [2.45, 2.75) is 18.9 Å². The summed E-state index contributed by atoms with van der Waals surface area (Å²) in [5.41, 5.74) is 2.53. The zero-order valence-corrected chi connectivity index (χ0v) is 12.1. The van der Waals surface area contributed by atoms with Crippen molar-refractivity contribution in [2.75, 3.05) is 6.54 Å². The van der Waals surface area contributed by atoms with Crippen molar-refractivity contribution < 1.29 is 4.79 Å². The number of hydrogen-bond donors (Lipinski definition) is 0. The van der Waals surface area contributed by atoms with Crippen LogP contribution in [-0.4, -0.2) is 31.7 Å². The number of amides is 1. The zero-order valence-electron chi connectivity index (χ0n) is 12.1. The van der Waals surface area contributed by atoms with E-state index in [4.69, 9.17) is 0 Å². The third kappa shape index (κ3) is 2.06. The van der Waals surface area contributed by atoms with Gasteiger partial charge in [-0.3, -0.25) is 9.78 Å². The Bertz CT molecular complexity index is 812. The van der Waals surface area contributed by atoms with E-state index < -0.39 is 0 Å². The van der Waals surface area contributed by atoms with Gasteiger partial charge in [0, 0.05) is 30.8 Å². The second-order valence-electron chi connectivity index (χ2n) is 5.48.